The Morgan fingerprint density at radius 3 is 2.67 bits per heavy atom. The second-order valence-corrected chi connectivity index (χ2v) is 4.14. The Hall–Kier alpha value is -2.50. The van der Waals surface area contributed by atoms with Gasteiger partial charge < -0.3 is 16.8 Å². The summed E-state index contributed by atoms with van der Waals surface area (Å²) >= 11 is 0. The maximum atomic E-state index is 5.92. The van der Waals surface area contributed by atoms with Gasteiger partial charge in [0.2, 0.25) is 0 Å². The van der Waals surface area contributed by atoms with E-state index in [0.29, 0.717) is 16.7 Å². The highest BCUT2D eigenvalue weighted by Gasteiger charge is 2.12. The second kappa shape index (κ2) is 4.06. The van der Waals surface area contributed by atoms with Crippen LogP contribution >= 0.6 is 0 Å². The average Bonchev–Trinajstić information content (AvgIpc) is 2.85. The molecule has 0 bridgehead atoms. The van der Waals surface area contributed by atoms with Crippen molar-refractivity contribution in [1.82, 2.24) is 10.3 Å². The van der Waals surface area contributed by atoms with Crippen LogP contribution in [0.4, 0.5) is 11.4 Å². The molecule has 1 aromatic heterocycles. The fourth-order valence-corrected chi connectivity index (χ4v) is 1.95. The third kappa shape index (κ3) is 1.67. The van der Waals surface area contributed by atoms with E-state index < -0.39 is 0 Å². The molecule has 0 aliphatic heterocycles. The quantitative estimate of drug-likeness (QED) is 0.694. The molecule has 92 valence electrons. The fraction of sp³-hybridized carbons (Fsp3) is 0.167. The van der Waals surface area contributed by atoms with Crippen molar-refractivity contribution in [1.29, 1.82) is 0 Å². The first-order valence-corrected chi connectivity index (χ1v) is 5.69. The van der Waals surface area contributed by atoms with Crippen molar-refractivity contribution < 1.29 is 4.63 Å². The van der Waals surface area contributed by atoms with Crippen LogP contribution in [0.25, 0.3) is 11.0 Å². The molecule has 0 radical (unpaired) electrons. The molecule has 6 heteroatoms. The van der Waals surface area contributed by atoms with Crippen molar-refractivity contribution in [3.63, 3.8) is 0 Å². The van der Waals surface area contributed by atoms with Gasteiger partial charge in [-0.2, -0.15) is 0 Å². The number of nitrogens with two attached hydrogens (primary N) is 2. The number of rotatable bonds is 2. The minimum Gasteiger partial charge on any atom is -0.397 e. The molecule has 0 saturated heterocycles. The van der Waals surface area contributed by atoms with E-state index in [1.807, 2.05) is 12.1 Å². The molecule has 0 fully saturated rings. The number of fused-ring (bicyclic) bond motifs is 1. The molecule has 1 aromatic carbocycles. The molecule has 0 spiro atoms. The zero-order valence-corrected chi connectivity index (χ0v) is 9.68. The topological polar surface area (TPSA) is 103 Å². The van der Waals surface area contributed by atoms with Crippen molar-refractivity contribution >= 4 is 22.4 Å². The molecule has 1 aliphatic carbocycles. The van der Waals surface area contributed by atoms with Crippen LogP contribution in [-0.4, -0.2) is 10.3 Å². The number of anilines is 2. The van der Waals surface area contributed by atoms with Gasteiger partial charge in [-0.15, -0.1) is 0 Å². The lowest BCUT2D eigenvalue weighted by Crippen LogP contribution is -2.12. The van der Waals surface area contributed by atoms with Gasteiger partial charge in [0.1, 0.15) is 0 Å². The zero-order valence-electron chi connectivity index (χ0n) is 9.68. The molecule has 0 amide bonds. The van der Waals surface area contributed by atoms with E-state index in [2.05, 4.69) is 21.7 Å². The second-order valence-electron chi connectivity index (χ2n) is 4.14. The highest BCUT2D eigenvalue weighted by atomic mass is 16.6. The van der Waals surface area contributed by atoms with Crippen molar-refractivity contribution in [2.75, 3.05) is 11.1 Å². The lowest BCUT2D eigenvalue weighted by molar-refractivity contribution is 0.316. The third-order valence-corrected chi connectivity index (χ3v) is 2.91. The maximum absolute atomic E-state index is 5.92. The molecule has 6 nitrogen and oxygen atoms in total. The third-order valence-electron chi connectivity index (χ3n) is 2.91. The van der Waals surface area contributed by atoms with Gasteiger partial charge >= 0.3 is 0 Å². The first-order valence-electron chi connectivity index (χ1n) is 5.69. The molecule has 0 unspecified atom stereocenters. The number of aromatic nitrogens is 2. The van der Waals surface area contributed by atoms with Crippen LogP contribution in [0, 0.1) is 0 Å². The summed E-state index contributed by atoms with van der Waals surface area (Å²) in [4.78, 5) is 0. The molecule has 1 heterocycles. The Labute approximate surface area is 103 Å². The molecule has 18 heavy (non-hydrogen) atoms. The summed E-state index contributed by atoms with van der Waals surface area (Å²) in [6, 6.07) is 3.60. The van der Waals surface area contributed by atoms with Gasteiger partial charge in [-0.1, -0.05) is 12.2 Å². The molecule has 5 N–H and O–H groups in total. The lowest BCUT2D eigenvalue weighted by Gasteiger charge is -2.15. The summed E-state index contributed by atoms with van der Waals surface area (Å²) in [7, 11) is 0. The predicted octanol–water partition coefficient (Wildman–Crippen LogP) is 1.74. The Kier molecular flexibility index (Phi) is 2.40. The summed E-state index contributed by atoms with van der Waals surface area (Å²) in [5.41, 5.74) is 15.8. The van der Waals surface area contributed by atoms with Crippen LogP contribution in [0.5, 0.6) is 0 Å². The Balaban J connectivity index is 2.01. The Morgan fingerprint density at radius 1 is 1.06 bits per heavy atom. The van der Waals surface area contributed by atoms with E-state index in [9.17, 15) is 0 Å². The molecule has 1 aliphatic rings. The Bertz CT molecular complexity index is 656. The molecule has 0 saturated carbocycles. The zero-order chi connectivity index (χ0) is 12.5. The van der Waals surface area contributed by atoms with Crippen molar-refractivity contribution in [3.8, 4) is 0 Å². The first kappa shape index (κ1) is 10.6. The van der Waals surface area contributed by atoms with E-state index in [4.69, 9.17) is 16.1 Å². The van der Waals surface area contributed by atoms with E-state index >= 15 is 0 Å². The summed E-state index contributed by atoms with van der Waals surface area (Å²) < 4.78 is 4.72. The van der Waals surface area contributed by atoms with Crippen LogP contribution in [0.2, 0.25) is 0 Å². The van der Waals surface area contributed by atoms with Gasteiger partial charge in [-0.05, 0) is 35.3 Å². The van der Waals surface area contributed by atoms with Gasteiger partial charge in [-0.25, -0.2) is 4.63 Å². The fourth-order valence-electron chi connectivity index (χ4n) is 1.95. The smallest absolute Gasteiger partial charge is 0.160 e. The predicted molar refractivity (Wildman–Crippen MR) is 69.4 cm³/mol. The van der Waals surface area contributed by atoms with Gasteiger partial charge in [0, 0.05) is 0 Å². The standard InChI is InChI=1S/C12H13N5O/c13-7-3-1-2-4-9(7)15-10-6-5-8(14)11-12(10)17-18-16-11/h3-6,15H,1-2,13-14H2. The van der Waals surface area contributed by atoms with Crippen LogP contribution < -0.4 is 16.8 Å². The number of hydrogen-bond acceptors (Lipinski definition) is 6. The highest BCUT2D eigenvalue weighted by molar-refractivity contribution is 5.95. The molecular weight excluding hydrogens is 230 g/mol. The number of benzene rings is 1. The number of nitrogens with one attached hydrogen (secondary N) is 1. The van der Waals surface area contributed by atoms with Crippen LogP contribution in [0.3, 0.4) is 0 Å². The van der Waals surface area contributed by atoms with Gasteiger partial charge in [0.25, 0.3) is 0 Å². The Morgan fingerprint density at radius 2 is 1.83 bits per heavy atom. The van der Waals surface area contributed by atoms with Gasteiger partial charge in [-0.3, -0.25) is 0 Å². The summed E-state index contributed by atoms with van der Waals surface area (Å²) in [6.45, 7) is 0. The number of nitrogen functional groups attached to an aromatic ring is 1. The summed E-state index contributed by atoms with van der Waals surface area (Å²) in [5.74, 6) is 0. The first-order chi connectivity index (χ1) is 8.75. The van der Waals surface area contributed by atoms with E-state index in [0.717, 1.165) is 29.9 Å². The summed E-state index contributed by atoms with van der Waals surface area (Å²) in [6.07, 6.45) is 6.00. The molecular formula is C12H13N5O. The number of hydrogen-bond donors (Lipinski definition) is 3. The van der Waals surface area contributed by atoms with Crippen molar-refractivity contribution in [2.24, 2.45) is 5.73 Å². The SMILES string of the molecule is NC1=CCCC=C1Nc1ccc(N)c2nonc12. The number of nitrogens with zero attached hydrogens (tertiary/aromatic N) is 2. The highest BCUT2D eigenvalue weighted by Crippen LogP contribution is 2.27. The van der Waals surface area contributed by atoms with Crippen LogP contribution in [-0.2, 0) is 0 Å². The van der Waals surface area contributed by atoms with Gasteiger partial charge in [0.15, 0.2) is 11.0 Å². The largest absolute Gasteiger partial charge is 0.397 e. The van der Waals surface area contributed by atoms with Gasteiger partial charge in [0.05, 0.1) is 22.8 Å². The summed E-state index contributed by atoms with van der Waals surface area (Å²) in [5, 5.41) is 10.9. The van der Waals surface area contributed by atoms with Crippen LogP contribution in [0.15, 0.2) is 40.3 Å². The molecule has 0 atom stereocenters. The average molecular weight is 243 g/mol. The minimum absolute atomic E-state index is 0.540. The van der Waals surface area contributed by atoms with E-state index in [1.54, 1.807) is 6.07 Å². The van der Waals surface area contributed by atoms with E-state index in [1.165, 1.54) is 0 Å². The van der Waals surface area contributed by atoms with Crippen LogP contribution in [0.1, 0.15) is 12.8 Å². The molecule has 3 rings (SSSR count). The maximum Gasteiger partial charge on any atom is 0.160 e. The monoisotopic (exact) mass is 243 g/mol. The van der Waals surface area contributed by atoms with E-state index in [-0.39, 0.29) is 0 Å². The van der Waals surface area contributed by atoms with Crippen molar-refractivity contribution in [2.45, 2.75) is 12.8 Å². The minimum atomic E-state index is 0.540. The normalized spacial score (nSPS) is 15.3. The number of allylic oxidation sites excluding steroid dienone is 2. The lowest BCUT2D eigenvalue weighted by atomic mass is 10.1. The molecule has 2 aromatic rings. The van der Waals surface area contributed by atoms with Crippen molar-refractivity contribution in [3.05, 3.63) is 35.7 Å².